The Morgan fingerprint density at radius 3 is 2.40 bits per heavy atom. The molecule has 0 unspecified atom stereocenters. The van der Waals surface area contributed by atoms with Crippen molar-refractivity contribution in [1.82, 2.24) is 9.78 Å². The van der Waals surface area contributed by atoms with Gasteiger partial charge in [0, 0.05) is 13.5 Å². The number of carbonyl (C=O) groups is 1. The Morgan fingerprint density at radius 1 is 1.25 bits per heavy atom. The molecular formula is C17H22N2O. The number of benzene rings is 1. The fourth-order valence-corrected chi connectivity index (χ4v) is 2.26. The van der Waals surface area contributed by atoms with Crippen LogP contribution in [0.3, 0.4) is 0 Å². The van der Waals surface area contributed by atoms with Crippen LogP contribution in [0.4, 0.5) is 0 Å². The summed E-state index contributed by atoms with van der Waals surface area (Å²) in [5.41, 5.74) is 4.01. The number of rotatable bonds is 5. The van der Waals surface area contributed by atoms with Crippen molar-refractivity contribution in [2.24, 2.45) is 7.05 Å². The van der Waals surface area contributed by atoms with Gasteiger partial charge in [-0.15, -0.1) is 0 Å². The molecule has 0 saturated carbocycles. The molecule has 1 heterocycles. The lowest BCUT2D eigenvalue weighted by molar-refractivity contribution is 0.0984. The van der Waals surface area contributed by atoms with E-state index in [9.17, 15) is 4.79 Å². The molecule has 0 atom stereocenters. The molecule has 0 bridgehead atoms. The van der Waals surface area contributed by atoms with Crippen LogP contribution < -0.4 is 0 Å². The third-order valence-corrected chi connectivity index (χ3v) is 3.59. The van der Waals surface area contributed by atoms with Gasteiger partial charge < -0.3 is 0 Å². The van der Waals surface area contributed by atoms with E-state index in [1.807, 2.05) is 32.2 Å². The highest BCUT2D eigenvalue weighted by atomic mass is 16.1. The Hall–Kier alpha value is -1.90. The van der Waals surface area contributed by atoms with Crippen LogP contribution in [0.5, 0.6) is 0 Å². The fraction of sp³-hybridized carbons (Fsp3) is 0.412. The highest BCUT2D eigenvalue weighted by Gasteiger charge is 2.13. The van der Waals surface area contributed by atoms with Crippen molar-refractivity contribution in [2.75, 3.05) is 0 Å². The molecule has 0 fully saturated rings. The van der Waals surface area contributed by atoms with Crippen molar-refractivity contribution >= 4 is 5.78 Å². The summed E-state index contributed by atoms with van der Waals surface area (Å²) >= 11 is 0. The number of Topliss-reactive ketones (excluding diaryl/α,β-unsaturated/α-hetero) is 1. The number of hydrogen-bond donors (Lipinski definition) is 0. The molecule has 0 radical (unpaired) electrons. The lowest BCUT2D eigenvalue weighted by atomic mass is 9.99. The number of aryl methyl sites for hydroxylation is 2. The van der Waals surface area contributed by atoms with Crippen molar-refractivity contribution in [2.45, 2.75) is 39.5 Å². The van der Waals surface area contributed by atoms with Crippen molar-refractivity contribution < 1.29 is 4.79 Å². The van der Waals surface area contributed by atoms with Crippen LogP contribution >= 0.6 is 0 Å². The highest BCUT2D eigenvalue weighted by molar-refractivity contribution is 5.96. The number of aromatic nitrogens is 2. The van der Waals surface area contributed by atoms with Gasteiger partial charge in [0.1, 0.15) is 5.69 Å². The smallest absolute Gasteiger partial charge is 0.185 e. The predicted octanol–water partition coefficient (Wildman–Crippen LogP) is 3.53. The van der Waals surface area contributed by atoms with Crippen LogP contribution in [0.15, 0.2) is 30.3 Å². The van der Waals surface area contributed by atoms with Crippen molar-refractivity contribution in [3.63, 3.8) is 0 Å². The monoisotopic (exact) mass is 270 g/mol. The van der Waals surface area contributed by atoms with E-state index in [1.165, 1.54) is 5.56 Å². The second kappa shape index (κ2) is 6.04. The minimum Gasteiger partial charge on any atom is -0.292 e. The molecule has 106 valence electrons. The van der Waals surface area contributed by atoms with Gasteiger partial charge in [-0.25, -0.2) is 0 Å². The molecule has 0 N–H and O–H groups in total. The first-order chi connectivity index (χ1) is 9.51. The van der Waals surface area contributed by atoms with E-state index in [0.29, 0.717) is 18.0 Å². The van der Waals surface area contributed by atoms with Gasteiger partial charge in [0.05, 0.1) is 5.69 Å². The molecule has 20 heavy (non-hydrogen) atoms. The van der Waals surface area contributed by atoms with Crippen LogP contribution in [0.25, 0.3) is 0 Å². The Kier molecular flexibility index (Phi) is 4.38. The molecule has 0 aliphatic carbocycles. The zero-order valence-corrected chi connectivity index (χ0v) is 12.7. The average Bonchev–Trinajstić information content (AvgIpc) is 2.80. The molecule has 2 aromatic rings. The maximum absolute atomic E-state index is 12.3. The molecule has 0 saturated heterocycles. The molecule has 0 aliphatic heterocycles. The molecule has 0 spiro atoms. The molecular weight excluding hydrogens is 248 g/mol. The predicted molar refractivity (Wildman–Crippen MR) is 81.2 cm³/mol. The Bertz CT molecular complexity index is 594. The molecule has 0 amide bonds. The Balaban J connectivity index is 2.12. The quantitative estimate of drug-likeness (QED) is 0.779. The van der Waals surface area contributed by atoms with Gasteiger partial charge >= 0.3 is 0 Å². The molecule has 2 rings (SSSR count). The number of nitrogens with zero attached hydrogens (tertiary/aromatic N) is 2. The maximum atomic E-state index is 12.3. The van der Waals surface area contributed by atoms with E-state index in [4.69, 9.17) is 0 Å². The maximum Gasteiger partial charge on any atom is 0.185 e. The number of carbonyl (C=O) groups excluding carboxylic acids is 1. The minimum absolute atomic E-state index is 0.122. The van der Waals surface area contributed by atoms with E-state index in [1.54, 1.807) is 4.68 Å². The number of ketones is 1. The summed E-state index contributed by atoms with van der Waals surface area (Å²) in [6, 6.07) is 10.2. The van der Waals surface area contributed by atoms with Crippen molar-refractivity contribution in [3.8, 4) is 0 Å². The van der Waals surface area contributed by atoms with Gasteiger partial charge in [-0.1, -0.05) is 45.0 Å². The van der Waals surface area contributed by atoms with Crippen LogP contribution in [-0.4, -0.2) is 15.6 Å². The highest BCUT2D eigenvalue weighted by Crippen LogP contribution is 2.16. The van der Waals surface area contributed by atoms with Gasteiger partial charge in [-0.3, -0.25) is 9.48 Å². The third-order valence-electron chi connectivity index (χ3n) is 3.59. The fourth-order valence-electron chi connectivity index (χ4n) is 2.26. The number of hydrogen-bond acceptors (Lipinski definition) is 2. The molecule has 3 nitrogen and oxygen atoms in total. The molecule has 1 aromatic heterocycles. The summed E-state index contributed by atoms with van der Waals surface area (Å²) < 4.78 is 1.68. The van der Waals surface area contributed by atoms with Gasteiger partial charge in [0.15, 0.2) is 5.78 Å². The van der Waals surface area contributed by atoms with Gasteiger partial charge in [0.2, 0.25) is 0 Å². The summed E-state index contributed by atoms with van der Waals surface area (Å²) in [5, 5.41) is 4.32. The van der Waals surface area contributed by atoms with Crippen LogP contribution in [-0.2, 0) is 19.9 Å². The van der Waals surface area contributed by atoms with E-state index >= 15 is 0 Å². The van der Waals surface area contributed by atoms with Gasteiger partial charge in [-0.2, -0.15) is 5.10 Å². The summed E-state index contributed by atoms with van der Waals surface area (Å²) in [4.78, 5) is 12.3. The standard InChI is InChI=1S/C17H22N2O/c1-5-15-11-16(19(4)18-15)17(20)10-13-6-8-14(9-7-13)12(2)3/h6-9,11-12H,5,10H2,1-4H3. The summed E-state index contributed by atoms with van der Waals surface area (Å²) in [5.74, 6) is 0.640. The van der Waals surface area contributed by atoms with E-state index in [0.717, 1.165) is 17.7 Å². The second-order valence-corrected chi connectivity index (χ2v) is 5.49. The topological polar surface area (TPSA) is 34.9 Å². The van der Waals surface area contributed by atoms with E-state index < -0.39 is 0 Å². The molecule has 0 aliphatic rings. The van der Waals surface area contributed by atoms with E-state index in [2.05, 4.69) is 31.1 Å². The first kappa shape index (κ1) is 14.5. The lowest BCUT2D eigenvalue weighted by Crippen LogP contribution is -2.09. The summed E-state index contributed by atoms with van der Waals surface area (Å²) in [7, 11) is 1.83. The first-order valence-corrected chi connectivity index (χ1v) is 7.16. The Morgan fingerprint density at radius 2 is 1.90 bits per heavy atom. The normalized spacial score (nSPS) is 11.1. The Labute approximate surface area is 120 Å². The van der Waals surface area contributed by atoms with Gasteiger partial charge in [0.25, 0.3) is 0 Å². The first-order valence-electron chi connectivity index (χ1n) is 7.16. The average molecular weight is 270 g/mol. The zero-order chi connectivity index (χ0) is 14.7. The largest absolute Gasteiger partial charge is 0.292 e. The van der Waals surface area contributed by atoms with Crippen molar-refractivity contribution in [1.29, 1.82) is 0 Å². The van der Waals surface area contributed by atoms with Crippen molar-refractivity contribution in [3.05, 3.63) is 52.8 Å². The second-order valence-electron chi connectivity index (χ2n) is 5.49. The van der Waals surface area contributed by atoms with E-state index in [-0.39, 0.29) is 5.78 Å². The van der Waals surface area contributed by atoms with Crippen LogP contribution in [0, 0.1) is 0 Å². The zero-order valence-electron chi connectivity index (χ0n) is 12.7. The SMILES string of the molecule is CCc1cc(C(=O)Cc2ccc(C(C)C)cc2)n(C)n1. The lowest BCUT2D eigenvalue weighted by Gasteiger charge is -2.06. The van der Waals surface area contributed by atoms with Crippen LogP contribution in [0.1, 0.15) is 54.0 Å². The minimum atomic E-state index is 0.122. The third kappa shape index (κ3) is 3.16. The molecule has 1 aromatic carbocycles. The molecule has 3 heteroatoms. The van der Waals surface area contributed by atoms with Crippen LogP contribution in [0.2, 0.25) is 0 Å². The summed E-state index contributed by atoms with van der Waals surface area (Å²) in [6.07, 6.45) is 1.28. The van der Waals surface area contributed by atoms with Gasteiger partial charge in [-0.05, 0) is 29.5 Å². The summed E-state index contributed by atoms with van der Waals surface area (Å²) in [6.45, 7) is 6.38.